The second-order valence-electron chi connectivity index (χ2n) is 9.21. The average Bonchev–Trinajstić information content (AvgIpc) is 3.35. The van der Waals surface area contributed by atoms with E-state index in [4.69, 9.17) is 4.98 Å². The summed E-state index contributed by atoms with van der Waals surface area (Å²) in [6, 6.07) is 30.9. The van der Waals surface area contributed by atoms with Crippen molar-refractivity contribution in [1.82, 2.24) is 9.55 Å². The van der Waals surface area contributed by atoms with Crippen LogP contribution in [-0.2, 0) is 16.3 Å². The van der Waals surface area contributed by atoms with Crippen molar-refractivity contribution in [1.29, 1.82) is 0 Å². The summed E-state index contributed by atoms with van der Waals surface area (Å²) in [4.78, 5) is 5.36. The number of imidazole rings is 1. The zero-order valence-electron chi connectivity index (χ0n) is 20.6. The minimum Gasteiger partial charge on any atom is -0.293 e. The fourth-order valence-corrected chi connectivity index (χ4v) is 7.01. The molecular formula is C30H24N5O2S+3. The van der Waals surface area contributed by atoms with Crippen LogP contribution >= 0.6 is 0 Å². The molecule has 0 aliphatic carbocycles. The van der Waals surface area contributed by atoms with Crippen LogP contribution in [0.1, 0.15) is 12.7 Å². The molecule has 0 saturated heterocycles. The maximum Gasteiger partial charge on any atom is 0.428 e. The molecule has 6 aromatic rings. The number of hydrogen-bond donors (Lipinski definition) is 0. The number of nitrogens with zero attached hydrogens (tertiary/aromatic N) is 5. The van der Waals surface area contributed by atoms with E-state index < -0.39 is 9.84 Å². The van der Waals surface area contributed by atoms with Crippen LogP contribution in [0.15, 0.2) is 126 Å². The number of benzene rings is 4. The van der Waals surface area contributed by atoms with Gasteiger partial charge in [0.05, 0.1) is 21.6 Å². The summed E-state index contributed by atoms with van der Waals surface area (Å²) in [5, 5.41) is 0. The monoisotopic (exact) mass is 518 g/mol. The van der Waals surface area contributed by atoms with Crippen molar-refractivity contribution in [3.8, 4) is 22.7 Å². The molecule has 0 N–H and O–H groups in total. The highest BCUT2D eigenvalue weighted by Crippen LogP contribution is 2.41. The molecule has 0 spiro atoms. The van der Waals surface area contributed by atoms with Crippen LogP contribution in [0.25, 0.3) is 33.8 Å². The SMILES string of the molecule is CCc1nc2ccc(-[n+]3c[n+](-c4ccccc4)c[n+](-c4ccccc4)c3)c3c2n1-c1ccccc1S3(=O)=O. The number of para-hydroxylation sites is 3. The van der Waals surface area contributed by atoms with Gasteiger partial charge in [-0.25, -0.2) is 13.4 Å². The summed E-state index contributed by atoms with van der Waals surface area (Å²) in [6.07, 6.45) is 6.47. The molecule has 8 heteroatoms. The Hall–Kier alpha value is -4.69. The molecule has 7 nitrogen and oxygen atoms in total. The third-order valence-electron chi connectivity index (χ3n) is 6.93. The lowest BCUT2D eigenvalue weighted by molar-refractivity contribution is -0.858. The van der Waals surface area contributed by atoms with Crippen LogP contribution < -0.4 is 13.7 Å². The van der Waals surface area contributed by atoms with E-state index in [1.54, 1.807) is 12.1 Å². The summed E-state index contributed by atoms with van der Waals surface area (Å²) in [7, 11) is -3.84. The molecule has 0 radical (unpaired) electrons. The molecule has 0 fully saturated rings. The number of aryl methyl sites for hydroxylation is 1. The smallest absolute Gasteiger partial charge is 0.293 e. The van der Waals surface area contributed by atoms with E-state index in [0.29, 0.717) is 28.8 Å². The van der Waals surface area contributed by atoms with Crippen molar-refractivity contribution in [2.45, 2.75) is 23.1 Å². The Bertz CT molecular complexity index is 1910. The number of rotatable bonds is 4. The van der Waals surface area contributed by atoms with Gasteiger partial charge in [-0.15, -0.1) is 0 Å². The van der Waals surface area contributed by atoms with Gasteiger partial charge >= 0.3 is 19.0 Å². The molecule has 1 aliphatic rings. The molecule has 0 saturated carbocycles. The summed E-state index contributed by atoms with van der Waals surface area (Å²) in [5.41, 5.74) is 4.40. The van der Waals surface area contributed by atoms with Crippen molar-refractivity contribution in [2.75, 3.05) is 0 Å². The lowest BCUT2D eigenvalue weighted by Crippen LogP contribution is -2.55. The van der Waals surface area contributed by atoms with E-state index in [1.807, 2.05) is 129 Å². The topological polar surface area (TPSA) is 63.6 Å². The van der Waals surface area contributed by atoms with E-state index in [1.165, 1.54) is 0 Å². The zero-order chi connectivity index (χ0) is 25.9. The van der Waals surface area contributed by atoms with Gasteiger partial charge in [0.2, 0.25) is 26.9 Å². The molecular weight excluding hydrogens is 494 g/mol. The highest BCUT2D eigenvalue weighted by atomic mass is 32.2. The first kappa shape index (κ1) is 22.5. The van der Waals surface area contributed by atoms with Gasteiger partial charge in [0, 0.05) is 36.8 Å². The van der Waals surface area contributed by atoms with Crippen molar-refractivity contribution < 1.29 is 22.1 Å². The Morgan fingerprint density at radius 2 is 1.29 bits per heavy atom. The molecule has 38 heavy (non-hydrogen) atoms. The maximum absolute atomic E-state index is 14.2. The minimum absolute atomic E-state index is 0.260. The second-order valence-corrected chi connectivity index (χ2v) is 11.1. The predicted octanol–water partition coefficient (Wildman–Crippen LogP) is 3.56. The Morgan fingerprint density at radius 1 is 0.711 bits per heavy atom. The molecule has 0 unspecified atom stereocenters. The minimum atomic E-state index is -3.84. The fourth-order valence-electron chi connectivity index (χ4n) is 5.20. The van der Waals surface area contributed by atoms with Crippen LogP contribution in [0.4, 0.5) is 0 Å². The number of hydrogen-bond acceptors (Lipinski definition) is 3. The largest absolute Gasteiger partial charge is 0.428 e. The van der Waals surface area contributed by atoms with Gasteiger partial charge in [0.15, 0.2) is 4.90 Å². The zero-order valence-corrected chi connectivity index (χ0v) is 21.5. The number of fused-ring (bicyclic) bond motifs is 2. The van der Waals surface area contributed by atoms with E-state index in [2.05, 4.69) is 0 Å². The van der Waals surface area contributed by atoms with Crippen molar-refractivity contribution >= 4 is 20.9 Å². The first-order valence-corrected chi connectivity index (χ1v) is 13.9. The highest BCUT2D eigenvalue weighted by molar-refractivity contribution is 7.92. The Balaban J connectivity index is 1.58. The lowest BCUT2D eigenvalue weighted by Gasteiger charge is -2.20. The third-order valence-corrected chi connectivity index (χ3v) is 8.80. The maximum atomic E-state index is 14.2. The number of sulfone groups is 1. The van der Waals surface area contributed by atoms with Crippen molar-refractivity contribution in [3.05, 3.63) is 122 Å². The summed E-state index contributed by atoms with van der Waals surface area (Å²) in [5.74, 6) is 0.831. The molecule has 0 bridgehead atoms. The van der Waals surface area contributed by atoms with Crippen molar-refractivity contribution in [3.63, 3.8) is 0 Å². The molecule has 0 amide bonds. The van der Waals surface area contributed by atoms with Crippen LogP contribution in [0.5, 0.6) is 0 Å². The van der Waals surface area contributed by atoms with Crippen LogP contribution in [0.2, 0.25) is 0 Å². The van der Waals surface area contributed by atoms with E-state index in [0.717, 1.165) is 17.2 Å². The van der Waals surface area contributed by atoms with E-state index in [9.17, 15) is 8.42 Å². The molecule has 0 atom stereocenters. The molecule has 4 aromatic carbocycles. The van der Waals surface area contributed by atoms with Gasteiger partial charge in [-0.05, 0) is 18.2 Å². The molecule has 7 rings (SSSR count). The van der Waals surface area contributed by atoms with Gasteiger partial charge in [-0.1, -0.05) is 69.2 Å². The van der Waals surface area contributed by atoms with E-state index in [-0.39, 0.29) is 9.79 Å². The summed E-state index contributed by atoms with van der Waals surface area (Å²) < 4.78 is 36.3. The van der Waals surface area contributed by atoms with Gasteiger partial charge in [-0.3, -0.25) is 4.57 Å². The van der Waals surface area contributed by atoms with Gasteiger partial charge in [0.1, 0.15) is 5.82 Å². The lowest BCUT2D eigenvalue weighted by atomic mass is 10.2. The molecule has 3 heterocycles. The number of aromatic nitrogens is 5. The molecule has 184 valence electrons. The molecule has 2 aromatic heterocycles. The summed E-state index contributed by atoms with van der Waals surface area (Å²) in [6.45, 7) is 2.04. The Labute approximate surface area is 220 Å². The van der Waals surface area contributed by atoms with Crippen LogP contribution in [0, 0.1) is 0 Å². The van der Waals surface area contributed by atoms with E-state index >= 15 is 0 Å². The fraction of sp³-hybridized carbons (Fsp3) is 0.0667. The van der Waals surface area contributed by atoms with Gasteiger partial charge in [0.25, 0.3) is 0 Å². The first-order valence-electron chi connectivity index (χ1n) is 12.4. The molecule has 1 aliphatic heterocycles. The first-order chi connectivity index (χ1) is 18.6. The standard InChI is InChI=1S/C30H24N5O2S/c1-2-28-31-24-17-18-26(30-29(24)35(28)25-15-9-10-16-27(25)38(30,36)37)34-20-32(22-11-5-3-6-12-22)19-33(21-34)23-13-7-4-8-14-23/h3-21H,2H2,1H3/q+3. The summed E-state index contributed by atoms with van der Waals surface area (Å²) >= 11 is 0. The highest BCUT2D eigenvalue weighted by Gasteiger charge is 2.40. The average molecular weight is 519 g/mol. The quantitative estimate of drug-likeness (QED) is 0.335. The van der Waals surface area contributed by atoms with Gasteiger partial charge < -0.3 is 0 Å². The van der Waals surface area contributed by atoms with Gasteiger partial charge in [-0.2, -0.15) is 0 Å². The third kappa shape index (κ3) is 3.30. The van der Waals surface area contributed by atoms with Crippen molar-refractivity contribution in [2.24, 2.45) is 0 Å². The predicted molar refractivity (Wildman–Crippen MR) is 140 cm³/mol. The van der Waals surface area contributed by atoms with Crippen LogP contribution in [-0.4, -0.2) is 18.0 Å². The van der Waals surface area contributed by atoms with Crippen LogP contribution in [0.3, 0.4) is 0 Å². The normalized spacial score (nSPS) is 13.4. The Kier molecular flexibility index (Phi) is 4.99. The Morgan fingerprint density at radius 3 is 1.92 bits per heavy atom. The second kappa shape index (κ2) is 8.43.